The van der Waals surface area contributed by atoms with E-state index in [0.717, 1.165) is 34.6 Å². The Morgan fingerprint density at radius 1 is 0.818 bits per heavy atom. The Hall–Kier alpha value is -4.07. The van der Waals surface area contributed by atoms with E-state index in [1.54, 1.807) is 4.90 Å². The number of amides is 2. The molecule has 5 rings (SSSR count). The van der Waals surface area contributed by atoms with Crippen molar-refractivity contribution in [3.63, 3.8) is 0 Å². The van der Waals surface area contributed by atoms with Gasteiger partial charge in [0, 0.05) is 37.8 Å². The number of aromatic nitrogens is 2. The average molecular weight is 445 g/mol. The molecule has 1 saturated heterocycles. The van der Waals surface area contributed by atoms with Crippen LogP contribution in [-0.2, 0) is 0 Å². The molecule has 0 radical (unpaired) electrons. The summed E-state index contributed by atoms with van der Waals surface area (Å²) in [4.78, 5) is 16.1. The predicted molar refractivity (Wildman–Crippen MR) is 124 cm³/mol. The third-order valence-electron chi connectivity index (χ3n) is 5.76. The Balaban J connectivity index is 1.21. The van der Waals surface area contributed by atoms with Crippen molar-refractivity contribution in [3.8, 4) is 11.3 Å². The zero-order chi connectivity index (χ0) is 22.8. The van der Waals surface area contributed by atoms with Crippen molar-refractivity contribution in [1.29, 1.82) is 0 Å². The van der Waals surface area contributed by atoms with Gasteiger partial charge in [-0.2, -0.15) is 0 Å². The van der Waals surface area contributed by atoms with E-state index in [-0.39, 0.29) is 5.69 Å². The lowest BCUT2D eigenvalue weighted by molar-refractivity contribution is 0.208. The molecule has 0 saturated carbocycles. The number of benzene rings is 3. The van der Waals surface area contributed by atoms with E-state index in [4.69, 9.17) is 0 Å². The van der Waals surface area contributed by atoms with Crippen molar-refractivity contribution in [2.75, 3.05) is 36.4 Å². The van der Waals surface area contributed by atoms with Gasteiger partial charge in [0.2, 0.25) is 0 Å². The van der Waals surface area contributed by atoms with Crippen molar-refractivity contribution in [1.82, 2.24) is 15.1 Å². The number of piperazine rings is 1. The summed E-state index contributed by atoms with van der Waals surface area (Å²) < 4.78 is 26.8. The second kappa shape index (κ2) is 8.82. The van der Waals surface area contributed by atoms with Gasteiger partial charge in [0.05, 0.1) is 11.4 Å². The number of rotatable bonds is 3. The molecule has 0 aliphatic carbocycles. The number of carbonyl (C=O) groups excluding carboxylic acids is 1. The van der Waals surface area contributed by atoms with Gasteiger partial charge in [0.1, 0.15) is 11.6 Å². The number of hydrogen-bond acceptors (Lipinski definition) is 4. The largest absolute Gasteiger partial charge is 0.352 e. The highest BCUT2D eigenvalue weighted by Crippen LogP contribution is 2.24. The minimum absolute atomic E-state index is 0.0426. The molecule has 1 aliphatic heterocycles. The van der Waals surface area contributed by atoms with Crippen LogP contribution in [0.2, 0.25) is 0 Å². The number of urea groups is 1. The van der Waals surface area contributed by atoms with Crippen molar-refractivity contribution in [2.45, 2.75) is 0 Å². The van der Waals surface area contributed by atoms with Gasteiger partial charge < -0.3 is 15.1 Å². The summed E-state index contributed by atoms with van der Waals surface area (Å²) in [6.07, 6.45) is 0. The third-order valence-corrected chi connectivity index (χ3v) is 5.76. The molecule has 1 aliphatic rings. The van der Waals surface area contributed by atoms with Crippen LogP contribution in [0.15, 0.2) is 72.8 Å². The first-order valence-electron chi connectivity index (χ1n) is 10.7. The Morgan fingerprint density at radius 3 is 2.33 bits per heavy atom. The number of fused-ring (bicyclic) bond motifs is 1. The summed E-state index contributed by atoms with van der Waals surface area (Å²) in [6, 6.07) is 20.9. The maximum Gasteiger partial charge on any atom is 0.322 e. The van der Waals surface area contributed by atoms with E-state index in [0.29, 0.717) is 26.2 Å². The minimum Gasteiger partial charge on any atom is -0.352 e. The van der Waals surface area contributed by atoms with Crippen molar-refractivity contribution < 1.29 is 13.6 Å². The van der Waals surface area contributed by atoms with Gasteiger partial charge in [-0.25, -0.2) is 13.6 Å². The third kappa shape index (κ3) is 4.45. The maximum absolute atomic E-state index is 13.8. The minimum atomic E-state index is -0.802. The smallest absolute Gasteiger partial charge is 0.322 e. The fraction of sp³-hybridized carbons (Fsp3) is 0.160. The van der Waals surface area contributed by atoms with Gasteiger partial charge in [-0.05, 0) is 41.1 Å². The van der Waals surface area contributed by atoms with Crippen LogP contribution in [0.4, 0.5) is 25.1 Å². The first-order valence-corrected chi connectivity index (χ1v) is 10.7. The lowest BCUT2D eigenvalue weighted by Gasteiger charge is -2.35. The number of nitrogens with one attached hydrogen (secondary N) is 1. The van der Waals surface area contributed by atoms with Gasteiger partial charge >= 0.3 is 6.03 Å². The van der Waals surface area contributed by atoms with Crippen LogP contribution >= 0.6 is 0 Å². The zero-order valence-electron chi connectivity index (χ0n) is 17.7. The molecule has 2 heterocycles. The molecule has 0 bridgehead atoms. The molecule has 1 N–H and O–H groups in total. The molecule has 33 heavy (non-hydrogen) atoms. The maximum atomic E-state index is 13.8. The lowest BCUT2D eigenvalue weighted by Crippen LogP contribution is -2.50. The summed E-state index contributed by atoms with van der Waals surface area (Å²) in [5.74, 6) is -0.750. The van der Waals surface area contributed by atoms with Crippen molar-refractivity contribution >= 4 is 28.3 Å². The van der Waals surface area contributed by atoms with Crippen LogP contribution in [0.3, 0.4) is 0 Å². The van der Waals surface area contributed by atoms with E-state index >= 15 is 0 Å². The SMILES string of the molecule is O=C(Nc1ccc(F)cc1F)N1CCN(c2ccc(-c3ccc4ccccc4c3)nn2)CC1. The topological polar surface area (TPSA) is 61.4 Å². The first kappa shape index (κ1) is 20.8. The Labute approximate surface area is 189 Å². The van der Waals surface area contributed by atoms with Gasteiger partial charge in [-0.3, -0.25) is 0 Å². The molecule has 0 atom stereocenters. The lowest BCUT2D eigenvalue weighted by atomic mass is 10.1. The molecule has 1 aromatic heterocycles. The summed E-state index contributed by atoms with van der Waals surface area (Å²) in [5, 5.41) is 13.6. The highest BCUT2D eigenvalue weighted by atomic mass is 19.1. The van der Waals surface area contributed by atoms with Crippen molar-refractivity contribution in [3.05, 3.63) is 84.4 Å². The van der Waals surface area contributed by atoms with Gasteiger partial charge in [0.25, 0.3) is 0 Å². The average Bonchev–Trinajstić information content (AvgIpc) is 2.85. The quantitative estimate of drug-likeness (QED) is 0.486. The molecule has 4 aromatic rings. The summed E-state index contributed by atoms with van der Waals surface area (Å²) in [6.45, 7) is 2.04. The van der Waals surface area contributed by atoms with Crippen LogP contribution in [0, 0.1) is 11.6 Å². The zero-order valence-corrected chi connectivity index (χ0v) is 17.7. The normalized spacial score (nSPS) is 13.9. The molecule has 166 valence electrons. The van der Waals surface area contributed by atoms with Gasteiger partial charge in [0.15, 0.2) is 5.82 Å². The molecular weight excluding hydrogens is 424 g/mol. The number of anilines is 2. The van der Waals surface area contributed by atoms with E-state index in [2.05, 4.69) is 44.7 Å². The van der Waals surface area contributed by atoms with Crippen LogP contribution in [0.25, 0.3) is 22.0 Å². The Morgan fingerprint density at radius 2 is 1.61 bits per heavy atom. The summed E-state index contributed by atoms with van der Waals surface area (Å²) >= 11 is 0. The van der Waals surface area contributed by atoms with Crippen LogP contribution in [-0.4, -0.2) is 47.3 Å². The second-order valence-electron chi connectivity index (χ2n) is 7.87. The van der Waals surface area contributed by atoms with Crippen LogP contribution in [0.1, 0.15) is 0 Å². The number of hydrogen-bond donors (Lipinski definition) is 1. The van der Waals surface area contributed by atoms with Crippen molar-refractivity contribution in [2.24, 2.45) is 0 Å². The van der Waals surface area contributed by atoms with E-state index < -0.39 is 17.7 Å². The first-order chi connectivity index (χ1) is 16.1. The molecular formula is C25H21F2N5O. The highest BCUT2D eigenvalue weighted by molar-refractivity contribution is 5.89. The molecule has 0 spiro atoms. The molecule has 3 aromatic carbocycles. The molecule has 2 amide bonds. The molecule has 8 heteroatoms. The standard InChI is InChI=1S/C25H21F2N5O/c26-20-7-8-23(21(27)16-20)28-25(33)32-13-11-31(12-14-32)24-10-9-22(29-30-24)19-6-5-17-3-1-2-4-18(17)15-19/h1-10,15-16H,11-14H2,(H,28,33). The Bertz CT molecular complexity index is 1300. The van der Waals surface area contributed by atoms with Gasteiger partial charge in [-0.1, -0.05) is 36.4 Å². The van der Waals surface area contributed by atoms with Gasteiger partial charge in [-0.15, -0.1) is 10.2 Å². The van der Waals surface area contributed by atoms with E-state index in [1.807, 2.05) is 30.3 Å². The predicted octanol–water partition coefficient (Wildman–Crippen LogP) is 4.93. The molecule has 0 unspecified atom stereocenters. The number of nitrogens with zero attached hydrogens (tertiary/aromatic N) is 4. The fourth-order valence-corrected chi connectivity index (χ4v) is 3.92. The second-order valence-corrected chi connectivity index (χ2v) is 7.87. The molecule has 6 nitrogen and oxygen atoms in total. The Kier molecular flexibility index (Phi) is 5.56. The fourth-order valence-electron chi connectivity index (χ4n) is 3.92. The monoisotopic (exact) mass is 445 g/mol. The highest BCUT2D eigenvalue weighted by Gasteiger charge is 2.23. The van der Waals surface area contributed by atoms with E-state index in [1.165, 1.54) is 11.5 Å². The summed E-state index contributed by atoms with van der Waals surface area (Å²) in [5.41, 5.74) is 1.75. The summed E-state index contributed by atoms with van der Waals surface area (Å²) in [7, 11) is 0. The number of halogens is 2. The van der Waals surface area contributed by atoms with Crippen LogP contribution in [0.5, 0.6) is 0 Å². The molecule has 1 fully saturated rings. The number of carbonyl (C=O) groups is 1. The van der Waals surface area contributed by atoms with E-state index in [9.17, 15) is 13.6 Å². The van der Waals surface area contributed by atoms with Crippen LogP contribution < -0.4 is 10.2 Å².